The number of nitrogens with zero attached hydrogens (tertiary/aromatic N) is 1. The van der Waals surface area contributed by atoms with E-state index in [1.54, 1.807) is 0 Å². The fraction of sp³-hybridized carbons (Fsp3) is 0.111. The third kappa shape index (κ3) is 8.43. The quantitative estimate of drug-likeness (QED) is 0.136. The van der Waals surface area contributed by atoms with E-state index < -0.39 is 48.8 Å². The lowest BCUT2D eigenvalue weighted by Crippen LogP contribution is -2.50. The van der Waals surface area contributed by atoms with E-state index >= 15 is 0 Å². The molecule has 0 aliphatic rings. The van der Waals surface area contributed by atoms with Gasteiger partial charge in [-0.3, -0.25) is 19.8 Å². The van der Waals surface area contributed by atoms with Crippen LogP contribution in [0, 0.1) is 16.7 Å². The van der Waals surface area contributed by atoms with Gasteiger partial charge >= 0.3 is 5.97 Å². The smallest absolute Gasteiger partial charge is 0.328 e. The zero-order valence-corrected chi connectivity index (χ0v) is 22.6. The number of anilines is 1. The van der Waals surface area contributed by atoms with E-state index in [-0.39, 0.29) is 32.4 Å². The number of carbonyl (C=O) groups excluding carboxylic acids is 3. The van der Waals surface area contributed by atoms with Crippen LogP contribution in [-0.2, 0) is 9.59 Å². The van der Waals surface area contributed by atoms with Crippen LogP contribution in [0.15, 0.2) is 60.7 Å². The Morgan fingerprint density at radius 1 is 0.951 bits per heavy atom. The summed E-state index contributed by atoms with van der Waals surface area (Å²) in [5.41, 5.74) is 6.98. The summed E-state index contributed by atoms with van der Waals surface area (Å²) >= 11 is 12.6. The number of nitrogens with one attached hydrogen (secondary N) is 5. The molecule has 0 fully saturated rings. The summed E-state index contributed by atoms with van der Waals surface area (Å²) < 4.78 is 0. The standard InChI is InChI=1S/C27H23Cl2N7O5/c28-19-9-16(15-4-2-1-3-5-15)10-20(29)23(19)25(39)36-21(26(40)41)12-33-22(37)13-34-24(38)17-6-14(11-30)7-18(8-17)35-27(31)32/h1-10,21H,12-13H2,(H,33,37)(H,34,38)(H,36,39)(H,40,41)(H4,31,32,35)/t21-/m0/s1. The lowest BCUT2D eigenvalue weighted by atomic mass is 10.0. The first-order valence-electron chi connectivity index (χ1n) is 11.8. The molecule has 3 amide bonds. The first kappa shape index (κ1) is 30.4. The Labute approximate surface area is 243 Å². The van der Waals surface area contributed by atoms with Crippen molar-refractivity contribution in [2.45, 2.75) is 6.04 Å². The molecular weight excluding hydrogens is 573 g/mol. The molecule has 12 nitrogen and oxygen atoms in total. The van der Waals surface area contributed by atoms with Gasteiger partial charge in [0.25, 0.3) is 11.8 Å². The maximum Gasteiger partial charge on any atom is 0.328 e. The SMILES string of the molecule is N#Cc1cc(NC(=N)N)cc(C(=O)NCC(=O)NC[C@H](NC(=O)c2c(Cl)cc(-c3ccccc3)cc2Cl)C(=O)O)c1. The molecule has 3 aromatic carbocycles. The molecule has 0 aliphatic carbocycles. The summed E-state index contributed by atoms with van der Waals surface area (Å²) in [5, 5.41) is 35.4. The van der Waals surface area contributed by atoms with Gasteiger partial charge in [-0.25, -0.2) is 4.79 Å². The van der Waals surface area contributed by atoms with E-state index in [2.05, 4.69) is 21.3 Å². The number of carbonyl (C=O) groups is 4. The maximum atomic E-state index is 12.9. The third-order valence-corrected chi connectivity index (χ3v) is 6.09. The molecule has 0 unspecified atom stereocenters. The van der Waals surface area contributed by atoms with Crippen LogP contribution < -0.4 is 27.0 Å². The second-order valence-electron chi connectivity index (χ2n) is 8.48. The number of carboxylic acid groups (broad SMARTS) is 1. The van der Waals surface area contributed by atoms with Crippen molar-refractivity contribution in [3.63, 3.8) is 0 Å². The van der Waals surface area contributed by atoms with E-state index in [1.807, 2.05) is 36.4 Å². The average molecular weight is 596 g/mol. The van der Waals surface area contributed by atoms with Crippen molar-refractivity contribution in [2.24, 2.45) is 5.73 Å². The average Bonchev–Trinajstić information content (AvgIpc) is 2.93. The molecule has 0 saturated heterocycles. The largest absolute Gasteiger partial charge is 0.480 e. The van der Waals surface area contributed by atoms with Crippen LogP contribution in [0.4, 0.5) is 5.69 Å². The number of rotatable bonds is 10. The Bertz CT molecular complexity index is 1530. The molecule has 0 aromatic heterocycles. The number of benzene rings is 3. The molecule has 0 spiro atoms. The third-order valence-electron chi connectivity index (χ3n) is 5.50. The van der Waals surface area contributed by atoms with Gasteiger partial charge in [-0.1, -0.05) is 53.5 Å². The molecule has 0 heterocycles. The number of hydrogen-bond donors (Lipinski definition) is 7. The van der Waals surface area contributed by atoms with Crippen LogP contribution in [0.5, 0.6) is 0 Å². The second kappa shape index (κ2) is 13.8. The van der Waals surface area contributed by atoms with Crippen LogP contribution in [0.1, 0.15) is 26.3 Å². The van der Waals surface area contributed by atoms with E-state index in [0.29, 0.717) is 5.56 Å². The molecule has 0 radical (unpaired) electrons. The summed E-state index contributed by atoms with van der Waals surface area (Å²) in [6.45, 7) is -1.05. The Morgan fingerprint density at radius 2 is 1.61 bits per heavy atom. The first-order chi connectivity index (χ1) is 19.5. The van der Waals surface area contributed by atoms with Gasteiger partial charge in [0.15, 0.2) is 5.96 Å². The van der Waals surface area contributed by atoms with Crippen molar-refractivity contribution < 1.29 is 24.3 Å². The molecule has 3 rings (SSSR count). The molecule has 41 heavy (non-hydrogen) atoms. The molecule has 0 aliphatic heterocycles. The minimum atomic E-state index is -1.55. The number of guanidine groups is 1. The number of halogens is 2. The van der Waals surface area contributed by atoms with Gasteiger partial charge in [0.1, 0.15) is 6.04 Å². The molecule has 3 aromatic rings. The van der Waals surface area contributed by atoms with E-state index in [4.69, 9.17) is 39.6 Å². The Balaban J connectivity index is 1.60. The monoisotopic (exact) mass is 595 g/mol. The summed E-state index contributed by atoms with van der Waals surface area (Å²) in [6, 6.07) is 16.5. The van der Waals surface area contributed by atoms with Crippen molar-refractivity contribution in [3.05, 3.63) is 87.4 Å². The maximum absolute atomic E-state index is 12.9. The van der Waals surface area contributed by atoms with Gasteiger partial charge in [0.05, 0.1) is 33.8 Å². The zero-order chi connectivity index (χ0) is 30.1. The Kier molecular flexibility index (Phi) is 10.2. The van der Waals surface area contributed by atoms with Crippen molar-refractivity contribution in [1.29, 1.82) is 10.7 Å². The van der Waals surface area contributed by atoms with E-state index in [1.165, 1.54) is 30.3 Å². The number of nitriles is 1. The van der Waals surface area contributed by atoms with Crippen LogP contribution in [0.25, 0.3) is 11.1 Å². The van der Waals surface area contributed by atoms with Gasteiger partial charge in [0, 0.05) is 17.8 Å². The first-order valence-corrected chi connectivity index (χ1v) is 12.5. The van der Waals surface area contributed by atoms with Crippen molar-refractivity contribution >= 4 is 58.5 Å². The van der Waals surface area contributed by atoms with Crippen LogP contribution >= 0.6 is 23.2 Å². The molecule has 0 saturated carbocycles. The topological polar surface area (TPSA) is 210 Å². The molecule has 14 heteroatoms. The normalized spacial score (nSPS) is 11.0. The van der Waals surface area contributed by atoms with Crippen LogP contribution in [-0.4, -0.2) is 53.9 Å². The summed E-state index contributed by atoms with van der Waals surface area (Å²) in [5.74, 6) is -4.16. The highest BCUT2D eigenvalue weighted by molar-refractivity contribution is 6.40. The predicted octanol–water partition coefficient (Wildman–Crippen LogP) is 2.57. The Hall–Kier alpha value is -5.12. The highest BCUT2D eigenvalue weighted by atomic mass is 35.5. The van der Waals surface area contributed by atoms with Gasteiger partial charge in [-0.15, -0.1) is 0 Å². The lowest BCUT2D eigenvalue weighted by Gasteiger charge is -2.17. The van der Waals surface area contributed by atoms with Crippen molar-refractivity contribution in [1.82, 2.24) is 16.0 Å². The molecule has 1 atom stereocenters. The molecule has 0 bridgehead atoms. The summed E-state index contributed by atoms with van der Waals surface area (Å²) in [6.07, 6.45) is 0. The van der Waals surface area contributed by atoms with E-state index in [0.717, 1.165) is 5.56 Å². The van der Waals surface area contributed by atoms with Gasteiger partial charge in [0.2, 0.25) is 5.91 Å². The predicted molar refractivity (Wildman–Crippen MR) is 153 cm³/mol. The fourth-order valence-electron chi connectivity index (χ4n) is 3.61. The van der Waals surface area contributed by atoms with E-state index in [9.17, 15) is 24.3 Å². The fourth-order valence-corrected chi connectivity index (χ4v) is 4.27. The van der Waals surface area contributed by atoms with Gasteiger partial charge < -0.3 is 32.1 Å². The highest BCUT2D eigenvalue weighted by Crippen LogP contribution is 2.31. The molecule has 8 N–H and O–H groups in total. The summed E-state index contributed by atoms with van der Waals surface area (Å²) in [4.78, 5) is 49.4. The number of carboxylic acids is 1. The number of nitrogens with two attached hydrogens (primary N) is 1. The zero-order valence-electron chi connectivity index (χ0n) is 21.1. The minimum absolute atomic E-state index is 0.00636. The highest BCUT2D eigenvalue weighted by Gasteiger charge is 2.25. The van der Waals surface area contributed by atoms with Gasteiger partial charge in [-0.05, 0) is 41.5 Å². The summed E-state index contributed by atoms with van der Waals surface area (Å²) in [7, 11) is 0. The van der Waals surface area contributed by atoms with Crippen LogP contribution in [0.2, 0.25) is 10.0 Å². The second-order valence-corrected chi connectivity index (χ2v) is 9.30. The Morgan fingerprint density at radius 3 is 2.20 bits per heavy atom. The number of hydrogen-bond acceptors (Lipinski definition) is 6. The number of aliphatic carboxylic acids is 1. The lowest BCUT2D eigenvalue weighted by molar-refractivity contribution is -0.139. The van der Waals surface area contributed by atoms with Gasteiger partial charge in [-0.2, -0.15) is 5.26 Å². The van der Waals surface area contributed by atoms with Crippen molar-refractivity contribution in [2.75, 3.05) is 18.4 Å². The van der Waals surface area contributed by atoms with Crippen LogP contribution in [0.3, 0.4) is 0 Å². The number of amides is 3. The molecule has 210 valence electrons. The minimum Gasteiger partial charge on any atom is -0.480 e. The molecular formula is C27H23Cl2N7O5. The van der Waals surface area contributed by atoms with Crippen molar-refractivity contribution in [3.8, 4) is 17.2 Å².